The molecular weight excluding hydrogens is 294 g/mol. The van der Waals surface area contributed by atoms with Crippen LogP contribution in [0.3, 0.4) is 0 Å². The maximum atomic E-state index is 12.4. The maximum Gasteiger partial charge on any atom is 0.216 e. The second-order valence-corrected chi connectivity index (χ2v) is 5.46. The Bertz CT molecular complexity index is 658. The van der Waals surface area contributed by atoms with Crippen molar-refractivity contribution in [2.75, 3.05) is 13.4 Å². The maximum absolute atomic E-state index is 12.4. The van der Waals surface area contributed by atoms with Crippen molar-refractivity contribution in [1.82, 2.24) is 4.98 Å². The van der Waals surface area contributed by atoms with Gasteiger partial charge in [-0.15, -0.1) is 11.8 Å². The molecule has 0 N–H and O–H groups in total. The molecule has 0 saturated carbocycles. The van der Waals surface area contributed by atoms with Gasteiger partial charge < -0.3 is 4.74 Å². The Morgan fingerprint density at radius 3 is 2.65 bits per heavy atom. The average Bonchev–Trinajstić information content (AvgIpc) is 2.47. The molecule has 20 heavy (non-hydrogen) atoms. The number of hydrogen-bond acceptors (Lipinski definition) is 4. The Kier molecular flexibility index (Phi) is 4.68. The Morgan fingerprint density at radius 1 is 1.30 bits per heavy atom. The topological polar surface area (TPSA) is 39.2 Å². The number of halogens is 1. The van der Waals surface area contributed by atoms with Gasteiger partial charge in [0.05, 0.1) is 12.1 Å². The van der Waals surface area contributed by atoms with E-state index in [0.29, 0.717) is 22.2 Å². The van der Waals surface area contributed by atoms with Gasteiger partial charge >= 0.3 is 0 Å². The van der Waals surface area contributed by atoms with E-state index in [1.54, 1.807) is 30.0 Å². The lowest BCUT2D eigenvalue weighted by Gasteiger charge is -2.07. The summed E-state index contributed by atoms with van der Waals surface area (Å²) in [5.74, 6) is 0.292. The third-order valence-corrected chi connectivity index (χ3v) is 4.11. The average molecular weight is 308 g/mol. The van der Waals surface area contributed by atoms with Crippen molar-refractivity contribution in [3.63, 3.8) is 0 Å². The minimum Gasteiger partial charge on any atom is -0.481 e. The van der Waals surface area contributed by atoms with Crippen molar-refractivity contribution >= 4 is 29.1 Å². The van der Waals surface area contributed by atoms with Crippen LogP contribution in [0.2, 0.25) is 5.02 Å². The SMILES string of the molecule is COc1nc(C(=O)c2ccc(SC)c(Cl)c2)ccc1C. The largest absolute Gasteiger partial charge is 0.481 e. The molecular formula is C15H14ClNO2S. The van der Waals surface area contributed by atoms with E-state index < -0.39 is 0 Å². The van der Waals surface area contributed by atoms with E-state index in [1.165, 1.54) is 7.11 Å². The van der Waals surface area contributed by atoms with E-state index in [9.17, 15) is 4.79 Å². The summed E-state index contributed by atoms with van der Waals surface area (Å²) in [4.78, 5) is 17.6. The minimum absolute atomic E-state index is 0.169. The fourth-order valence-electron chi connectivity index (χ4n) is 1.80. The lowest BCUT2D eigenvalue weighted by atomic mass is 10.1. The molecule has 1 aromatic carbocycles. The van der Waals surface area contributed by atoms with Crippen molar-refractivity contribution in [3.05, 3.63) is 52.2 Å². The summed E-state index contributed by atoms with van der Waals surface area (Å²) >= 11 is 7.67. The van der Waals surface area contributed by atoms with Crippen molar-refractivity contribution in [1.29, 1.82) is 0 Å². The van der Waals surface area contributed by atoms with Gasteiger partial charge in [0.1, 0.15) is 5.69 Å². The molecule has 2 aromatic rings. The van der Waals surface area contributed by atoms with Crippen LogP contribution < -0.4 is 4.74 Å². The van der Waals surface area contributed by atoms with Crippen LogP contribution in [0, 0.1) is 6.92 Å². The third-order valence-electron chi connectivity index (χ3n) is 2.89. The standard InChI is InChI=1S/C15H14ClNO2S/c1-9-4-6-12(17-15(9)19-2)14(18)10-5-7-13(20-3)11(16)8-10/h4-8H,1-3H3. The van der Waals surface area contributed by atoms with Gasteiger partial charge in [0, 0.05) is 16.0 Å². The molecule has 0 radical (unpaired) electrons. The fourth-order valence-corrected chi connectivity index (χ4v) is 2.67. The number of aromatic nitrogens is 1. The van der Waals surface area contributed by atoms with Crippen LogP contribution in [-0.2, 0) is 0 Å². The van der Waals surface area contributed by atoms with Gasteiger partial charge in [0.2, 0.25) is 11.7 Å². The van der Waals surface area contributed by atoms with E-state index >= 15 is 0 Å². The highest BCUT2D eigenvalue weighted by molar-refractivity contribution is 7.98. The number of ketones is 1. The third kappa shape index (κ3) is 2.97. The number of carbonyl (C=O) groups is 1. The van der Waals surface area contributed by atoms with Crippen LogP contribution in [0.4, 0.5) is 0 Å². The predicted octanol–water partition coefficient (Wildman–Crippen LogP) is 4.00. The van der Waals surface area contributed by atoms with Gasteiger partial charge in [-0.3, -0.25) is 4.79 Å². The number of ether oxygens (including phenoxy) is 1. The zero-order chi connectivity index (χ0) is 14.7. The van der Waals surface area contributed by atoms with Crippen LogP contribution in [0.1, 0.15) is 21.6 Å². The van der Waals surface area contributed by atoms with Crippen LogP contribution in [0.15, 0.2) is 35.2 Å². The van der Waals surface area contributed by atoms with Crippen molar-refractivity contribution in [3.8, 4) is 5.88 Å². The van der Waals surface area contributed by atoms with Crippen LogP contribution in [0.25, 0.3) is 0 Å². The number of pyridine rings is 1. The van der Waals surface area contributed by atoms with E-state index in [0.717, 1.165) is 10.5 Å². The molecule has 0 saturated heterocycles. The number of methoxy groups -OCH3 is 1. The number of benzene rings is 1. The van der Waals surface area contributed by atoms with Crippen molar-refractivity contribution < 1.29 is 9.53 Å². The van der Waals surface area contributed by atoms with Crippen LogP contribution in [0.5, 0.6) is 5.88 Å². The van der Waals surface area contributed by atoms with Gasteiger partial charge in [0.25, 0.3) is 0 Å². The quantitative estimate of drug-likeness (QED) is 0.632. The summed E-state index contributed by atoms with van der Waals surface area (Å²) in [5.41, 5.74) is 1.76. The van der Waals surface area contributed by atoms with Crippen LogP contribution >= 0.6 is 23.4 Å². The lowest BCUT2D eigenvalue weighted by Crippen LogP contribution is -2.06. The second-order valence-electron chi connectivity index (χ2n) is 4.20. The zero-order valence-electron chi connectivity index (χ0n) is 11.4. The molecule has 0 bridgehead atoms. The van der Waals surface area contributed by atoms with Crippen molar-refractivity contribution in [2.24, 2.45) is 0 Å². The molecule has 0 aliphatic rings. The summed E-state index contributed by atoms with van der Waals surface area (Å²) < 4.78 is 5.14. The molecule has 0 unspecified atom stereocenters. The molecule has 3 nitrogen and oxygen atoms in total. The smallest absolute Gasteiger partial charge is 0.216 e. The molecule has 0 aliphatic carbocycles. The number of rotatable bonds is 4. The van der Waals surface area contributed by atoms with E-state index in [2.05, 4.69) is 4.98 Å². The molecule has 0 fully saturated rings. The molecule has 0 aliphatic heterocycles. The van der Waals surface area contributed by atoms with E-state index in [1.807, 2.05) is 25.3 Å². The molecule has 2 rings (SSSR count). The Labute approximate surface area is 127 Å². The zero-order valence-corrected chi connectivity index (χ0v) is 13.0. The molecule has 0 atom stereocenters. The Balaban J connectivity index is 2.38. The molecule has 0 spiro atoms. The number of hydrogen-bond donors (Lipinski definition) is 0. The first kappa shape index (κ1) is 14.9. The first-order valence-corrected chi connectivity index (χ1v) is 7.57. The number of aryl methyl sites for hydroxylation is 1. The van der Waals surface area contributed by atoms with Gasteiger partial charge in [-0.2, -0.15) is 0 Å². The summed E-state index contributed by atoms with van der Waals surface area (Å²) in [5, 5.41) is 0.572. The molecule has 1 heterocycles. The normalized spacial score (nSPS) is 10.4. The molecule has 104 valence electrons. The number of nitrogens with zero attached hydrogens (tertiary/aromatic N) is 1. The number of carbonyl (C=O) groups excluding carboxylic acids is 1. The first-order valence-electron chi connectivity index (χ1n) is 5.96. The first-order chi connectivity index (χ1) is 9.56. The van der Waals surface area contributed by atoms with Gasteiger partial charge in [-0.1, -0.05) is 17.7 Å². The summed E-state index contributed by atoms with van der Waals surface area (Å²) in [6.45, 7) is 1.88. The van der Waals surface area contributed by atoms with E-state index in [4.69, 9.17) is 16.3 Å². The molecule has 0 amide bonds. The molecule has 5 heteroatoms. The summed E-state index contributed by atoms with van der Waals surface area (Å²) in [6, 6.07) is 8.77. The second kappa shape index (κ2) is 6.29. The predicted molar refractivity (Wildman–Crippen MR) is 82.2 cm³/mol. The highest BCUT2D eigenvalue weighted by Gasteiger charge is 2.14. The van der Waals surface area contributed by atoms with E-state index in [-0.39, 0.29) is 5.78 Å². The lowest BCUT2D eigenvalue weighted by molar-refractivity contribution is 0.103. The highest BCUT2D eigenvalue weighted by atomic mass is 35.5. The number of thioether (sulfide) groups is 1. The summed E-state index contributed by atoms with van der Waals surface area (Å²) in [7, 11) is 1.54. The Morgan fingerprint density at radius 2 is 2.05 bits per heavy atom. The monoisotopic (exact) mass is 307 g/mol. The Hall–Kier alpha value is -1.52. The van der Waals surface area contributed by atoms with Gasteiger partial charge in [-0.25, -0.2) is 4.98 Å². The van der Waals surface area contributed by atoms with Gasteiger partial charge in [0.15, 0.2) is 0 Å². The highest BCUT2D eigenvalue weighted by Crippen LogP contribution is 2.27. The minimum atomic E-state index is -0.169. The molecule has 1 aromatic heterocycles. The van der Waals surface area contributed by atoms with Crippen LogP contribution in [-0.4, -0.2) is 24.1 Å². The van der Waals surface area contributed by atoms with Crippen molar-refractivity contribution in [2.45, 2.75) is 11.8 Å². The summed E-state index contributed by atoms with van der Waals surface area (Å²) in [6.07, 6.45) is 1.94. The van der Waals surface area contributed by atoms with Gasteiger partial charge in [-0.05, 0) is 37.4 Å². The fraction of sp³-hybridized carbons (Fsp3) is 0.200.